The summed E-state index contributed by atoms with van der Waals surface area (Å²) in [5.41, 5.74) is 1.31. The highest BCUT2D eigenvalue weighted by Gasteiger charge is 2.16. The Kier molecular flexibility index (Phi) is 5.16. The minimum Gasteiger partial charge on any atom is -0.325 e. The predicted octanol–water partition coefficient (Wildman–Crippen LogP) is 3.55. The van der Waals surface area contributed by atoms with Crippen LogP contribution >= 0.6 is 0 Å². The van der Waals surface area contributed by atoms with Gasteiger partial charge in [-0.15, -0.1) is 0 Å². The Balaban J connectivity index is 1.88. The number of carbonyl (C=O) groups excluding carboxylic acids is 2. The van der Waals surface area contributed by atoms with Crippen LogP contribution in [0.25, 0.3) is 0 Å². The summed E-state index contributed by atoms with van der Waals surface area (Å²) in [6, 6.07) is 7.27. The first-order valence-electron chi connectivity index (χ1n) is 7.31. The van der Waals surface area contributed by atoms with E-state index < -0.39 is 0 Å². The number of carbonyl (C=O) groups is 2. The predicted molar refractivity (Wildman–Crippen MR) is 80.6 cm³/mol. The van der Waals surface area contributed by atoms with Crippen LogP contribution in [-0.4, -0.2) is 11.8 Å². The number of para-hydroxylation sites is 2. The van der Waals surface area contributed by atoms with Crippen molar-refractivity contribution in [2.75, 3.05) is 10.6 Å². The average molecular weight is 274 g/mol. The fourth-order valence-electron chi connectivity index (χ4n) is 2.74. The third-order valence-corrected chi connectivity index (χ3v) is 3.77. The summed E-state index contributed by atoms with van der Waals surface area (Å²) in [4.78, 5) is 23.1. The second-order valence-electron chi connectivity index (χ2n) is 5.46. The molecule has 1 aliphatic rings. The van der Waals surface area contributed by atoms with Gasteiger partial charge in [0, 0.05) is 13.3 Å². The van der Waals surface area contributed by atoms with Crippen LogP contribution in [0.15, 0.2) is 24.3 Å². The number of nitrogens with one attached hydrogen (secondary N) is 2. The number of hydrogen-bond donors (Lipinski definition) is 2. The van der Waals surface area contributed by atoms with Crippen molar-refractivity contribution in [2.24, 2.45) is 5.92 Å². The number of hydrogen-bond acceptors (Lipinski definition) is 2. The minimum atomic E-state index is -0.141. The molecule has 0 heterocycles. The van der Waals surface area contributed by atoms with Gasteiger partial charge in [-0.2, -0.15) is 0 Å². The first-order chi connectivity index (χ1) is 9.65. The maximum absolute atomic E-state index is 12.0. The lowest BCUT2D eigenvalue weighted by Gasteiger charge is -2.12. The molecule has 2 N–H and O–H groups in total. The molecule has 0 unspecified atom stereocenters. The third kappa shape index (κ3) is 4.37. The van der Waals surface area contributed by atoms with E-state index in [1.165, 1.54) is 32.6 Å². The van der Waals surface area contributed by atoms with E-state index in [9.17, 15) is 9.59 Å². The van der Waals surface area contributed by atoms with Crippen LogP contribution in [0.4, 0.5) is 11.4 Å². The SMILES string of the molecule is CC(=O)Nc1ccccc1NC(=O)CCC1CCCC1. The van der Waals surface area contributed by atoms with Crippen LogP contribution in [0, 0.1) is 5.92 Å². The summed E-state index contributed by atoms with van der Waals surface area (Å²) in [6.07, 6.45) is 6.65. The molecule has 0 saturated heterocycles. The van der Waals surface area contributed by atoms with Crippen molar-refractivity contribution in [3.05, 3.63) is 24.3 Å². The summed E-state index contributed by atoms with van der Waals surface area (Å²) < 4.78 is 0. The monoisotopic (exact) mass is 274 g/mol. The maximum Gasteiger partial charge on any atom is 0.224 e. The van der Waals surface area contributed by atoms with Crippen molar-refractivity contribution in [1.82, 2.24) is 0 Å². The van der Waals surface area contributed by atoms with Crippen LogP contribution in [-0.2, 0) is 9.59 Å². The van der Waals surface area contributed by atoms with E-state index in [0.29, 0.717) is 23.7 Å². The molecule has 1 aliphatic carbocycles. The van der Waals surface area contributed by atoms with Crippen molar-refractivity contribution >= 4 is 23.2 Å². The van der Waals surface area contributed by atoms with Gasteiger partial charge in [0.1, 0.15) is 0 Å². The lowest BCUT2D eigenvalue weighted by Crippen LogP contribution is -2.15. The minimum absolute atomic E-state index is 0.0229. The smallest absolute Gasteiger partial charge is 0.224 e. The first kappa shape index (κ1) is 14.6. The zero-order valence-electron chi connectivity index (χ0n) is 11.9. The van der Waals surface area contributed by atoms with E-state index in [2.05, 4.69) is 10.6 Å². The van der Waals surface area contributed by atoms with E-state index in [1.54, 1.807) is 12.1 Å². The Labute approximate surface area is 119 Å². The molecule has 1 aromatic carbocycles. The van der Waals surface area contributed by atoms with Crippen LogP contribution in [0.1, 0.15) is 45.4 Å². The average Bonchev–Trinajstić information content (AvgIpc) is 2.91. The van der Waals surface area contributed by atoms with Gasteiger partial charge in [-0.3, -0.25) is 9.59 Å². The summed E-state index contributed by atoms with van der Waals surface area (Å²) in [5.74, 6) is 0.596. The fourth-order valence-corrected chi connectivity index (χ4v) is 2.74. The van der Waals surface area contributed by atoms with Crippen LogP contribution in [0.5, 0.6) is 0 Å². The van der Waals surface area contributed by atoms with Crippen LogP contribution in [0.3, 0.4) is 0 Å². The second-order valence-corrected chi connectivity index (χ2v) is 5.46. The second kappa shape index (κ2) is 7.08. The van der Waals surface area contributed by atoms with Gasteiger partial charge in [0.25, 0.3) is 0 Å². The molecule has 0 radical (unpaired) electrons. The number of amides is 2. The quantitative estimate of drug-likeness (QED) is 0.862. The molecule has 1 aromatic rings. The standard InChI is InChI=1S/C16H22N2O2/c1-12(19)17-14-8-4-5-9-15(14)18-16(20)11-10-13-6-2-3-7-13/h4-5,8-9,13H,2-3,6-7,10-11H2,1H3,(H,17,19)(H,18,20). The Morgan fingerprint density at radius 2 is 1.70 bits per heavy atom. The largest absolute Gasteiger partial charge is 0.325 e. The van der Waals surface area contributed by atoms with E-state index in [-0.39, 0.29) is 11.8 Å². The van der Waals surface area contributed by atoms with E-state index in [1.807, 2.05) is 12.1 Å². The van der Waals surface area contributed by atoms with Crippen molar-refractivity contribution in [2.45, 2.75) is 45.4 Å². The molecule has 4 heteroatoms. The van der Waals surface area contributed by atoms with Gasteiger partial charge >= 0.3 is 0 Å². The van der Waals surface area contributed by atoms with Gasteiger partial charge in [-0.1, -0.05) is 37.8 Å². The summed E-state index contributed by atoms with van der Waals surface area (Å²) in [7, 11) is 0. The van der Waals surface area contributed by atoms with E-state index in [0.717, 1.165) is 6.42 Å². The lowest BCUT2D eigenvalue weighted by molar-refractivity contribution is -0.116. The molecular formula is C16H22N2O2. The number of rotatable bonds is 5. The molecule has 4 nitrogen and oxygen atoms in total. The van der Waals surface area contributed by atoms with Gasteiger partial charge in [0.05, 0.1) is 11.4 Å². The maximum atomic E-state index is 12.0. The Bertz CT molecular complexity index is 479. The number of anilines is 2. The molecule has 2 amide bonds. The molecule has 0 aromatic heterocycles. The molecule has 20 heavy (non-hydrogen) atoms. The van der Waals surface area contributed by atoms with Gasteiger partial charge in [0.15, 0.2) is 0 Å². The first-order valence-corrected chi connectivity index (χ1v) is 7.31. The molecule has 0 bridgehead atoms. The summed E-state index contributed by atoms with van der Waals surface area (Å²) in [5, 5.41) is 5.61. The normalized spacial score (nSPS) is 15.1. The van der Waals surface area contributed by atoms with Crippen molar-refractivity contribution in [1.29, 1.82) is 0 Å². The van der Waals surface area contributed by atoms with Crippen molar-refractivity contribution in [3.8, 4) is 0 Å². The molecule has 0 spiro atoms. The van der Waals surface area contributed by atoms with Gasteiger partial charge in [0.2, 0.25) is 11.8 Å². The van der Waals surface area contributed by atoms with Gasteiger partial charge in [-0.05, 0) is 24.5 Å². The summed E-state index contributed by atoms with van der Waals surface area (Å²) >= 11 is 0. The van der Waals surface area contributed by atoms with Gasteiger partial charge < -0.3 is 10.6 Å². The highest BCUT2D eigenvalue weighted by atomic mass is 16.2. The molecule has 0 aliphatic heterocycles. The Morgan fingerprint density at radius 1 is 1.10 bits per heavy atom. The molecule has 108 valence electrons. The van der Waals surface area contributed by atoms with Crippen molar-refractivity contribution in [3.63, 3.8) is 0 Å². The van der Waals surface area contributed by atoms with Crippen molar-refractivity contribution < 1.29 is 9.59 Å². The topological polar surface area (TPSA) is 58.2 Å². The van der Waals surface area contributed by atoms with Crippen LogP contribution < -0.4 is 10.6 Å². The Hall–Kier alpha value is -1.84. The fraction of sp³-hybridized carbons (Fsp3) is 0.500. The third-order valence-electron chi connectivity index (χ3n) is 3.77. The highest BCUT2D eigenvalue weighted by molar-refractivity contribution is 5.98. The van der Waals surface area contributed by atoms with Crippen LogP contribution in [0.2, 0.25) is 0 Å². The molecule has 2 rings (SSSR count). The summed E-state index contributed by atoms with van der Waals surface area (Å²) in [6.45, 7) is 1.46. The molecule has 1 saturated carbocycles. The zero-order valence-corrected chi connectivity index (χ0v) is 11.9. The molecule has 0 atom stereocenters. The lowest BCUT2D eigenvalue weighted by atomic mass is 10.0. The van der Waals surface area contributed by atoms with E-state index in [4.69, 9.17) is 0 Å². The number of benzene rings is 1. The molecule has 1 fully saturated rings. The zero-order chi connectivity index (χ0) is 14.4. The van der Waals surface area contributed by atoms with E-state index >= 15 is 0 Å². The Morgan fingerprint density at radius 3 is 2.30 bits per heavy atom. The molecular weight excluding hydrogens is 252 g/mol. The highest BCUT2D eigenvalue weighted by Crippen LogP contribution is 2.29. The van der Waals surface area contributed by atoms with Gasteiger partial charge in [-0.25, -0.2) is 0 Å².